The Morgan fingerprint density at radius 2 is 1.44 bits per heavy atom. The van der Waals surface area contributed by atoms with Crippen molar-refractivity contribution in [3.8, 4) is 0 Å². The van der Waals surface area contributed by atoms with Gasteiger partial charge in [0.15, 0.2) is 5.82 Å². The maximum atomic E-state index is 14.1. The second-order valence-corrected chi connectivity index (χ2v) is 5.98. The highest BCUT2D eigenvalue weighted by Gasteiger charge is 2.24. The highest BCUT2D eigenvalue weighted by molar-refractivity contribution is 5.94. The molecule has 9 nitrogen and oxygen atoms in total. The van der Waals surface area contributed by atoms with Crippen molar-refractivity contribution in [3.05, 3.63) is 74.1 Å². The largest absolute Gasteiger partial charge is 0.366 e. The second kappa shape index (κ2) is 7.36. The van der Waals surface area contributed by atoms with Gasteiger partial charge in [0.2, 0.25) is 0 Å². The molecule has 0 atom stereocenters. The number of rotatable bonds is 4. The molecular formula is C17H15FN4O5. The summed E-state index contributed by atoms with van der Waals surface area (Å²) in [5, 5.41) is 21.4. The van der Waals surface area contributed by atoms with Crippen LogP contribution in [0.5, 0.6) is 0 Å². The van der Waals surface area contributed by atoms with Gasteiger partial charge in [-0.25, -0.2) is 4.39 Å². The van der Waals surface area contributed by atoms with Gasteiger partial charge < -0.3 is 9.80 Å². The van der Waals surface area contributed by atoms with Crippen LogP contribution in [0.15, 0.2) is 42.5 Å². The number of anilines is 1. The van der Waals surface area contributed by atoms with Gasteiger partial charge in [0.1, 0.15) is 0 Å². The van der Waals surface area contributed by atoms with Gasteiger partial charge >= 0.3 is 0 Å². The smallest absolute Gasteiger partial charge is 0.272 e. The number of amides is 1. The molecule has 2 aromatic carbocycles. The van der Waals surface area contributed by atoms with Gasteiger partial charge in [-0.3, -0.25) is 25.0 Å². The maximum absolute atomic E-state index is 14.1. The number of non-ortho nitro benzene ring substituents is 2. The van der Waals surface area contributed by atoms with Crippen LogP contribution in [0.2, 0.25) is 0 Å². The molecule has 0 spiro atoms. The van der Waals surface area contributed by atoms with E-state index in [1.807, 2.05) is 0 Å². The van der Waals surface area contributed by atoms with Gasteiger partial charge in [0.25, 0.3) is 17.3 Å². The highest BCUT2D eigenvalue weighted by Crippen LogP contribution is 2.25. The van der Waals surface area contributed by atoms with Crippen molar-refractivity contribution in [1.82, 2.24) is 4.90 Å². The second-order valence-electron chi connectivity index (χ2n) is 5.98. The van der Waals surface area contributed by atoms with Gasteiger partial charge in [-0.1, -0.05) is 0 Å². The fourth-order valence-electron chi connectivity index (χ4n) is 2.92. The fraction of sp³-hybridized carbons (Fsp3) is 0.235. The first-order chi connectivity index (χ1) is 12.9. The van der Waals surface area contributed by atoms with Crippen molar-refractivity contribution < 1.29 is 19.0 Å². The Labute approximate surface area is 152 Å². The molecule has 0 radical (unpaired) electrons. The molecule has 0 unspecified atom stereocenters. The molecule has 140 valence electrons. The molecule has 1 saturated heterocycles. The molecule has 0 N–H and O–H groups in total. The molecule has 27 heavy (non-hydrogen) atoms. The third-order valence-corrected chi connectivity index (χ3v) is 4.37. The monoisotopic (exact) mass is 374 g/mol. The van der Waals surface area contributed by atoms with Crippen LogP contribution < -0.4 is 4.90 Å². The lowest BCUT2D eigenvalue weighted by molar-refractivity contribution is -0.385. The lowest BCUT2D eigenvalue weighted by Gasteiger charge is -2.36. The number of carbonyl (C=O) groups is 1. The SMILES string of the molecule is O=C(c1ccc([N+](=O)[O-])cc1)N1CCN(c2ccc([N+](=O)[O-])cc2F)CC1. The molecule has 1 aliphatic rings. The van der Waals surface area contributed by atoms with E-state index in [9.17, 15) is 29.4 Å². The Bertz CT molecular complexity index is 895. The molecule has 1 fully saturated rings. The fourth-order valence-corrected chi connectivity index (χ4v) is 2.92. The molecule has 0 aromatic heterocycles. The lowest BCUT2D eigenvalue weighted by Crippen LogP contribution is -2.49. The Kier molecular flexibility index (Phi) is 4.97. The summed E-state index contributed by atoms with van der Waals surface area (Å²) in [5.41, 5.74) is 0.187. The summed E-state index contributed by atoms with van der Waals surface area (Å²) in [6.45, 7) is 1.42. The Morgan fingerprint density at radius 1 is 0.889 bits per heavy atom. The molecule has 1 heterocycles. The summed E-state index contributed by atoms with van der Waals surface area (Å²) in [6, 6.07) is 8.84. The van der Waals surface area contributed by atoms with Crippen LogP contribution in [0, 0.1) is 26.0 Å². The van der Waals surface area contributed by atoms with E-state index in [0.717, 1.165) is 6.07 Å². The van der Waals surface area contributed by atoms with Crippen LogP contribution in [-0.2, 0) is 0 Å². The zero-order chi connectivity index (χ0) is 19.6. The van der Waals surface area contributed by atoms with Crippen molar-refractivity contribution >= 4 is 23.0 Å². The van der Waals surface area contributed by atoms with Crippen molar-refractivity contribution in [2.75, 3.05) is 31.1 Å². The number of nitro benzene ring substituents is 2. The zero-order valence-electron chi connectivity index (χ0n) is 14.1. The summed E-state index contributed by atoms with van der Waals surface area (Å²) < 4.78 is 14.1. The van der Waals surface area contributed by atoms with Crippen LogP contribution >= 0.6 is 0 Å². The number of nitro groups is 2. The van der Waals surface area contributed by atoms with Crippen LogP contribution in [0.4, 0.5) is 21.5 Å². The van der Waals surface area contributed by atoms with Gasteiger partial charge in [0, 0.05) is 49.9 Å². The van der Waals surface area contributed by atoms with Crippen molar-refractivity contribution in [3.63, 3.8) is 0 Å². The number of hydrogen-bond donors (Lipinski definition) is 0. The van der Waals surface area contributed by atoms with E-state index >= 15 is 0 Å². The standard InChI is InChI=1S/C17H15FN4O5/c18-15-11-14(22(26)27)5-6-16(15)19-7-9-20(10-8-19)17(23)12-1-3-13(4-2-12)21(24)25/h1-6,11H,7-10H2. The average Bonchev–Trinajstić information content (AvgIpc) is 2.67. The Morgan fingerprint density at radius 3 is 1.96 bits per heavy atom. The van der Waals surface area contributed by atoms with E-state index in [2.05, 4.69) is 0 Å². The Balaban J connectivity index is 1.65. The topological polar surface area (TPSA) is 110 Å². The summed E-state index contributed by atoms with van der Waals surface area (Å²) >= 11 is 0. The quantitative estimate of drug-likeness (QED) is 0.601. The minimum absolute atomic E-state index is 0.0926. The highest BCUT2D eigenvalue weighted by atomic mass is 19.1. The number of nitrogens with zero attached hydrogens (tertiary/aromatic N) is 4. The molecule has 0 bridgehead atoms. The van der Waals surface area contributed by atoms with Crippen LogP contribution in [0.3, 0.4) is 0 Å². The van der Waals surface area contributed by atoms with Gasteiger partial charge in [-0.15, -0.1) is 0 Å². The van der Waals surface area contributed by atoms with Gasteiger partial charge in [0.05, 0.1) is 21.6 Å². The maximum Gasteiger partial charge on any atom is 0.272 e. The molecular weight excluding hydrogens is 359 g/mol. The van der Waals surface area contributed by atoms with E-state index in [0.29, 0.717) is 31.7 Å². The predicted molar refractivity (Wildman–Crippen MR) is 94.3 cm³/mol. The lowest BCUT2D eigenvalue weighted by atomic mass is 10.1. The summed E-state index contributed by atoms with van der Waals surface area (Å²) in [6.07, 6.45) is 0. The first-order valence-corrected chi connectivity index (χ1v) is 8.09. The normalized spacial score (nSPS) is 14.1. The van der Waals surface area contributed by atoms with Crippen LogP contribution in [0.1, 0.15) is 10.4 Å². The van der Waals surface area contributed by atoms with E-state index in [-0.39, 0.29) is 23.0 Å². The number of hydrogen-bond acceptors (Lipinski definition) is 6. The third-order valence-electron chi connectivity index (χ3n) is 4.37. The first kappa shape index (κ1) is 18.2. The van der Waals surface area contributed by atoms with E-state index in [1.165, 1.54) is 36.4 Å². The molecule has 0 aliphatic carbocycles. The summed E-state index contributed by atoms with van der Waals surface area (Å²) in [5.74, 6) is -0.937. The molecule has 3 rings (SSSR count). The summed E-state index contributed by atoms with van der Waals surface area (Å²) in [4.78, 5) is 36.0. The van der Waals surface area contributed by atoms with Crippen molar-refractivity contribution in [2.45, 2.75) is 0 Å². The molecule has 1 aliphatic heterocycles. The minimum atomic E-state index is -0.681. The molecule has 10 heteroatoms. The van der Waals surface area contributed by atoms with E-state index in [4.69, 9.17) is 0 Å². The number of halogens is 1. The zero-order valence-corrected chi connectivity index (χ0v) is 14.1. The molecule has 0 saturated carbocycles. The number of benzene rings is 2. The third kappa shape index (κ3) is 3.84. The van der Waals surface area contributed by atoms with Crippen molar-refractivity contribution in [2.24, 2.45) is 0 Å². The van der Waals surface area contributed by atoms with Gasteiger partial charge in [-0.2, -0.15) is 0 Å². The number of carbonyl (C=O) groups excluding carboxylic acids is 1. The first-order valence-electron chi connectivity index (χ1n) is 8.09. The predicted octanol–water partition coefficient (Wildman–Crippen LogP) is 2.60. The Hall–Kier alpha value is -3.56. The minimum Gasteiger partial charge on any atom is -0.366 e. The van der Waals surface area contributed by atoms with E-state index < -0.39 is 15.7 Å². The van der Waals surface area contributed by atoms with E-state index in [1.54, 1.807) is 9.80 Å². The molecule has 1 amide bonds. The molecule has 2 aromatic rings. The number of piperazine rings is 1. The van der Waals surface area contributed by atoms with Crippen LogP contribution in [0.25, 0.3) is 0 Å². The van der Waals surface area contributed by atoms with Gasteiger partial charge in [-0.05, 0) is 18.2 Å². The summed E-state index contributed by atoms with van der Waals surface area (Å²) in [7, 11) is 0. The van der Waals surface area contributed by atoms with Crippen LogP contribution in [-0.4, -0.2) is 46.8 Å². The van der Waals surface area contributed by atoms with Crippen molar-refractivity contribution in [1.29, 1.82) is 0 Å². The average molecular weight is 374 g/mol.